The number of anilines is 2. The van der Waals surface area contributed by atoms with E-state index in [-0.39, 0.29) is 5.69 Å². The molecule has 2 aromatic carbocycles. The van der Waals surface area contributed by atoms with Crippen molar-refractivity contribution in [2.45, 2.75) is 13.1 Å². The van der Waals surface area contributed by atoms with Crippen LogP contribution in [0.2, 0.25) is 0 Å². The number of halogens is 3. The fourth-order valence-electron chi connectivity index (χ4n) is 2.59. The number of hydrogen-bond acceptors (Lipinski definition) is 4. The van der Waals surface area contributed by atoms with Crippen molar-refractivity contribution in [3.8, 4) is 0 Å². The third-order valence-corrected chi connectivity index (χ3v) is 3.91. The van der Waals surface area contributed by atoms with Crippen molar-refractivity contribution in [1.29, 1.82) is 0 Å². The quantitative estimate of drug-likeness (QED) is 0.733. The minimum Gasteiger partial charge on any atom is -0.371 e. The second-order valence-electron chi connectivity index (χ2n) is 5.68. The van der Waals surface area contributed by atoms with E-state index in [1.807, 2.05) is 0 Å². The van der Waals surface area contributed by atoms with Crippen molar-refractivity contribution in [3.05, 3.63) is 59.3 Å². The first-order chi connectivity index (χ1) is 12.3. The van der Waals surface area contributed by atoms with Crippen LogP contribution < -0.4 is 10.6 Å². The Bertz CT molecular complexity index is 986. The van der Waals surface area contributed by atoms with Gasteiger partial charge in [0, 0.05) is 29.1 Å². The van der Waals surface area contributed by atoms with E-state index in [0.29, 0.717) is 22.5 Å². The summed E-state index contributed by atoms with van der Waals surface area (Å²) in [6.07, 6.45) is -4.47. The van der Waals surface area contributed by atoms with Crippen molar-refractivity contribution < 1.29 is 18.0 Å². The predicted molar refractivity (Wildman–Crippen MR) is 93.2 cm³/mol. The summed E-state index contributed by atoms with van der Waals surface area (Å²) < 4.78 is 38.4. The smallest absolute Gasteiger partial charge is 0.371 e. The highest BCUT2D eigenvalue weighted by Crippen LogP contribution is 2.31. The monoisotopic (exact) mass is 360 g/mol. The molecule has 26 heavy (non-hydrogen) atoms. The molecule has 0 aliphatic rings. The lowest BCUT2D eigenvalue weighted by Crippen LogP contribution is -2.13. The number of rotatable bonds is 3. The van der Waals surface area contributed by atoms with Crippen molar-refractivity contribution in [3.63, 3.8) is 0 Å². The minimum atomic E-state index is -4.47. The average molecular weight is 360 g/mol. The van der Waals surface area contributed by atoms with E-state index in [4.69, 9.17) is 0 Å². The van der Waals surface area contributed by atoms with E-state index in [1.165, 1.54) is 12.1 Å². The van der Waals surface area contributed by atoms with Gasteiger partial charge in [0.1, 0.15) is 0 Å². The van der Waals surface area contributed by atoms with Crippen molar-refractivity contribution >= 4 is 28.2 Å². The van der Waals surface area contributed by atoms with E-state index < -0.39 is 17.6 Å². The standard InChI is InChI=1S/C18H15F3N4O/c1-10-14-7-6-11(8-15(14)16(22-2)25-24-10)17(26)23-13-5-3-4-12(9-13)18(19,20)21/h3-9H,1-2H3,(H,22,25)(H,23,26). The molecule has 0 radical (unpaired) electrons. The lowest BCUT2D eigenvalue weighted by molar-refractivity contribution is -0.137. The molecule has 1 amide bonds. The number of fused-ring (bicyclic) bond motifs is 1. The largest absolute Gasteiger partial charge is 0.416 e. The van der Waals surface area contributed by atoms with E-state index in [2.05, 4.69) is 20.8 Å². The second kappa shape index (κ2) is 6.62. The van der Waals surface area contributed by atoms with E-state index in [0.717, 1.165) is 17.5 Å². The van der Waals surface area contributed by atoms with Gasteiger partial charge in [-0.15, -0.1) is 5.10 Å². The van der Waals surface area contributed by atoms with Crippen LogP contribution in [-0.4, -0.2) is 23.2 Å². The zero-order valence-electron chi connectivity index (χ0n) is 14.0. The number of alkyl halides is 3. The molecule has 2 N–H and O–H groups in total. The van der Waals surface area contributed by atoms with Gasteiger partial charge in [-0.05, 0) is 37.3 Å². The summed E-state index contributed by atoms with van der Waals surface area (Å²) >= 11 is 0. The summed E-state index contributed by atoms with van der Waals surface area (Å²) in [4.78, 5) is 12.5. The third-order valence-electron chi connectivity index (χ3n) is 3.91. The Morgan fingerprint density at radius 3 is 2.50 bits per heavy atom. The highest BCUT2D eigenvalue weighted by Gasteiger charge is 2.30. The molecule has 0 atom stereocenters. The number of aromatic nitrogens is 2. The number of benzene rings is 2. The highest BCUT2D eigenvalue weighted by molar-refractivity contribution is 6.07. The Balaban J connectivity index is 1.93. The Labute approximate surface area is 147 Å². The van der Waals surface area contributed by atoms with Crippen LogP contribution in [0, 0.1) is 6.92 Å². The molecular weight excluding hydrogens is 345 g/mol. The summed E-state index contributed by atoms with van der Waals surface area (Å²) in [6.45, 7) is 1.80. The minimum absolute atomic E-state index is 0.0720. The number of amides is 1. The van der Waals surface area contributed by atoms with Crippen LogP contribution in [0.25, 0.3) is 10.8 Å². The van der Waals surface area contributed by atoms with Gasteiger partial charge in [0.05, 0.1) is 11.3 Å². The molecular formula is C18H15F3N4O. The fraction of sp³-hybridized carbons (Fsp3) is 0.167. The maximum Gasteiger partial charge on any atom is 0.416 e. The van der Waals surface area contributed by atoms with E-state index in [9.17, 15) is 18.0 Å². The van der Waals surface area contributed by atoms with Gasteiger partial charge in [0.15, 0.2) is 5.82 Å². The Morgan fingerprint density at radius 2 is 1.81 bits per heavy atom. The van der Waals surface area contributed by atoms with Crippen LogP contribution in [0.1, 0.15) is 21.6 Å². The number of nitrogens with zero attached hydrogens (tertiary/aromatic N) is 2. The first-order valence-electron chi connectivity index (χ1n) is 7.73. The van der Waals surface area contributed by atoms with Crippen molar-refractivity contribution in [1.82, 2.24) is 10.2 Å². The van der Waals surface area contributed by atoms with Gasteiger partial charge in [-0.1, -0.05) is 12.1 Å². The maximum absolute atomic E-state index is 12.8. The number of hydrogen-bond donors (Lipinski definition) is 2. The molecule has 8 heteroatoms. The lowest BCUT2D eigenvalue weighted by Gasteiger charge is -2.11. The molecule has 3 rings (SSSR count). The van der Waals surface area contributed by atoms with Gasteiger partial charge in [-0.2, -0.15) is 18.3 Å². The van der Waals surface area contributed by atoms with Crippen LogP contribution in [0.15, 0.2) is 42.5 Å². The number of nitrogens with one attached hydrogen (secondary N) is 2. The predicted octanol–water partition coefficient (Wildman–Crippen LogP) is 4.25. The molecule has 5 nitrogen and oxygen atoms in total. The summed E-state index contributed by atoms with van der Waals surface area (Å²) in [7, 11) is 1.69. The SMILES string of the molecule is CNc1nnc(C)c2ccc(C(=O)Nc3cccc(C(F)(F)F)c3)cc12. The highest BCUT2D eigenvalue weighted by atomic mass is 19.4. The molecule has 134 valence electrons. The van der Waals surface area contributed by atoms with Crippen LogP contribution in [0.3, 0.4) is 0 Å². The van der Waals surface area contributed by atoms with Gasteiger partial charge in [0.25, 0.3) is 5.91 Å². The molecule has 0 saturated carbocycles. The first-order valence-corrected chi connectivity index (χ1v) is 7.73. The molecule has 3 aromatic rings. The average Bonchev–Trinajstić information content (AvgIpc) is 2.61. The van der Waals surface area contributed by atoms with Gasteiger partial charge in [-0.25, -0.2) is 0 Å². The zero-order chi connectivity index (χ0) is 18.9. The molecule has 0 saturated heterocycles. The van der Waals surface area contributed by atoms with Crippen LogP contribution >= 0.6 is 0 Å². The van der Waals surface area contributed by atoms with Gasteiger partial charge >= 0.3 is 6.18 Å². The molecule has 0 spiro atoms. The zero-order valence-corrected chi connectivity index (χ0v) is 14.0. The summed E-state index contributed by atoms with van der Waals surface area (Å²) in [6, 6.07) is 9.46. The molecule has 0 fully saturated rings. The van der Waals surface area contributed by atoms with Crippen molar-refractivity contribution in [2.75, 3.05) is 17.7 Å². The lowest BCUT2D eigenvalue weighted by atomic mass is 10.1. The van der Waals surface area contributed by atoms with Gasteiger partial charge in [-0.3, -0.25) is 4.79 Å². The summed E-state index contributed by atoms with van der Waals surface area (Å²) in [5, 5.41) is 15.0. The topological polar surface area (TPSA) is 66.9 Å². The molecule has 1 heterocycles. The third kappa shape index (κ3) is 3.44. The first kappa shape index (κ1) is 17.7. The number of aryl methyl sites for hydroxylation is 1. The molecule has 0 unspecified atom stereocenters. The van der Waals surface area contributed by atoms with Gasteiger partial charge in [0.2, 0.25) is 0 Å². The Kier molecular flexibility index (Phi) is 4.50. The maximum atomic E-state index is 12.8. The summed E-state index contributed by atoms with van der Waals surface area (Å²) in [5.74, 6) is 0.00191. The van der Waals surface area contributed by atoms with Crippen LogP contribution in [0.5, 0.6) is 0 Å². The van der Waals surface area contributed by atoms with Gasteiger partial charge < -0.3 is 10.6 Å². The van der Waals surface area contributed by atoms with Crippen LogP contribution in [0.4, 0.5) is 24.7 Å². The number of carbonyl (C=O) groups excluding carboxylic acids is 1. The molecule has 0 aliphatic carbocycles. The molecule has 0 aliphatic heterocycles. The molecule has 1 aromatic heterocycles. The molecule has 0 bridgehead atoms. The van der Waals surface area contributed by atoms with Crippen LogP contribution in [-0.2, 0) is 6.18 Å². The normalized spacial score (nSPS) is 11.4. The fourth-order valence-corrected chi connectivity index (χ4v) is 2.59. The number of carbonyl (C=O) groups is 1. The van der Waals surface area contributed by atoms with Crippen molar-refractivity contribution in [2.24, 2.45) is 0 Å². The second-order valence-corrected chi connectivity index (χ2v) is 5.68. The summed E-state index contributed by atoms with van der Waals surface area (Å²) in [5.41, 5.74) is 0.266. The Morgan fingerprint density at radius 1 is 1.04 bits per heavy atom. The Hall–Kier alpha value is -3.16. The van der Waals surface area contributed by atoms with E-state index in [1.54, 1.807) is 32.2 Å². The van der Waals surface area contributed by atoms with E-state index >= 15 is 0 Å².